The highest BCUT2D eigenvalue weighted by Crippen LogP contribution is 2.46. The summed E-state index contributed by atoms with van der Waals surface area (Å²) < 4.78 is 21.8. The summed E-state index contributed by atoms with van der Waals surface area (Å²) in [5, 5.41) is 11.6. The molecule has 0 radical (unpaired) electrons. The second-order valence-corrected chi connectivity index (χ2v) is 8.63. The number of aliphatic hydroxyl groups excluding tert-OH is 1. The lowest BCUT2D eigenvalue weighted by molar-refractivity contribution is -0.140. The fourth-order valence-corrected chi connectivity index (χ4v) is 4.48. The zero-order chi connectivity index (χ0) is 25.9. The smallest absolute Gasteiger partial charge is 0.295 e. The second-order valence-electron chi connectivity index (χ2n) is 8.63. The Hall–Kier alpha value is -3.52. The molecule has 0 aliphatic carbocycles. The van der Waals surface area contributed by atoms with Gasteiger partial charge in [-0.2, -0.15) is 0 Å². The number of Topliss-reactive ketones (excluding diaryl/α,β-unsaturated/α-hetero) is 1. The molecule has 3 rings (SSSR count). The number of benzene rings is 2. The van der Waals surface area contributed by atoms with Gasteiger partial charge >= 0.3 is 0 Å². The van der Waals surface area contributed by atoms with Crippen molar-refractivity contribution in [3.05, 3.63) is 58.2 Å². The molecule has 2 aromatic rings. The maximum atomic E-state index is 13.3. The summed E-state index contributed by atoms with van der Waals surface area (Å²) in [7, 11) is 6.12. The molecule has 1 saturated heterocycles. The molecule has 0 bridgehead atoms. The van der Waals surface area contributed by atoms with E-state index in [0.29, 0.717) is 33.9 Å². The zero-order valence-corrected chi connectivity index (χ0v) is 21.3. The molecular weight excluding hydrogens is 450 g/mol. The molecule has 1 amide bonds. The minimum Gasteiger partial charge on any atom is -0.507 e. The molecular formula is C27H33NO7. The maximum Gasteiger partial charge on any atom is 0.295 e. The van der Waals surface area contributed by atoms with Gasteiger partial charge in [0.1, 0.15) is 11.5 Å². The van der Waals surface area contributed by atoms with Gasteiger partial charge in [-0.25, -0.2) is 0 Å². The molecule has 1 fully saturated rings. The third-order valence-corrected chi connectivity index (χ3v) is 6.26. The molecule has 1 unspecified atom stereocenters. The van der Waals surface area contributed by atoms with Crippen LogP contribution in [0.25, 0.3) is 5.76 Å². The van der Waals surface area contributed by atoms with Crippen LogP contribution in [0.1, 0.15) is 48.1 Å². The number of amides is 1. The summed E-state index contributed by atoms with van der Waals surface area (Å²) >= 11 is 0. The van der Waals surface area contributed by atoms with Crippen LogP contribution in [-0.4, -0.2) is 63.3 Å². The lowest BCUT2D eigenvalue weighted by Gasteiger charge is -2.27. The minimum absolute atomic E-state index is 0.0133. The van der Waals surface area contributed by atoms with E-state index in [9.17, 15) is 14.7 Å². The predicted molar refractivity (Wildman–Crippen MR) is 132 cm³/mol. The molecule has 35 heavy (non-hydrogen) atoms. The van der Waals surface area contributed by atoms with Gasteiger partial charge in [0.2, 0.25) is 0 Å². The van der Waals surface area contributed by atoms with Crippen molar-refractivity contribution in [3.8, 4) is 17.2 Å². The number of ether oxygens (including phenoxy) is 4. The van der Waals surface area contributed by atoms with Crippen LogP contribution in [0.2, 0.25) is 0 Å². The zero-order valence-electron chi connectivity index (χ0n) is 21.3. The number of rotatable bonds is 9. The van der Waals surface area contributed by atoms with E-state index in [1.165, 1.54) is 26.2 Å². The molecule has 1 aliphatic rings. The first kappa shape index (κ1) is 26.1. The fourth-order valence-electron chi connectivity index (χ4n) is 4.48. The molecule has 8 nitrogen and oxygen atoms in total. The largest absolute Gasteiger partial charge is 0.507 e. The molecule has 1 heterocycles. The third-order valence-electron chi connectivity index (χ3n) is 6.26. The minimum atomic E-state index is -0.890. The molecule has 188 valence electrons. The number of hydrogen-bond acceptors (Lipinski definition) is 7. The molecule has 1 N–H and O–H groups in total. The van der Waals surface area contributed by atoms with Gasteiger partial charge in [0.25, 0.3) is 11.7 Å². The first-order valence-electron chi connectivity index (χ1n) is 11.4. The van der Waals surface area contributed by atoms with Crippen LogP contribution in [-0.2, 0) is 14.3 Å². The van der Waals surface area contributed by atoms with Crippen molar-refractivity contribution in [3.63, 3.8) is 0 Å². The summed E-state index contributed by atoms with van der Waals surface area (Å²) in [5.41, 5.74) is 2.57. The van der Waals surface area contributed by atoms with Crippen molar-refractivity contribution in [2.75, 3.05) is 41.6 Å². The Morgan fingerprint density at radius 2 is 1.71 bits per heavy atom. The van der Waals surface area contributed by atoms with Gasteiger partial charge in [0.05, 0.1) is 39.6 Å². The van der Waals surface area contributed by atoms with Crippen molar-refractivity contribution < 1.29 is 33.6 Å². The Balaban J connectivity index is 2.33. The number of nitrogens with zero attached hydrogens (tertiary/aromatic N) is 1. The van der Waals surface area contributed by atoms with E-state index in [2.05, 4.69) is 0 Å². The first-order valence-corrected chi connectivity index (χ1v) is 11.4. The highest BCUT2D eigenvalue weighted by molar-refractivity contribution is 6.46. The molecule has 1 atom stereocenters. The number of carbonyl (C=O) groups excluding carboxylic acids is 2. The van der Waals surface area contributed by atoms with Crippen LogP contribution in [0.4, 0.5) is 0 Å². The molecule has 0 aromatic heterocycles. The van der Waals surface area contributed by atoms with E-state index in [0.717, 1.165) is 5.56 Å². The average molecular weight is 484 g/mol. The second kappa shape index (κ2) is 10.8. The van der Waals surface area contributed by atoms with Gasteiger partial charge in [-0.15, -0.1) is 0 Å². The van der Waals surface area contributed by atoms with Crippen molar-refractivity contribution >= 4 is 17.4 Å². The van der Waals surface area contributed by atoms with Gasteiger partial charge < -0.3 is 29.0 Å². The van der Waals surface area contributed by atoms with Crippen LogP contribution in [0, 0.1) is 6.92 Å². The van der Waals surface area contributed by atoms with Crippen LogP contribution < -0.4 is 14.2 Å². The molecule has 2 aromatic carbocycles. The van der Waals surface area contributed by atoms with E-state index in [-0.39, 0.29) is 30.4 Å². The normalized spacial score (nSPS) is 17.3. The van der Waals surface area contributed by atoms with Gasteiger partial charge in [0.15, 0.2) is 11.5 Å². The van der Waals surface area contributed by atoms with Crippen LogP contribution in [0.3, 0.4) is 0 Å². The lowest BCUT2D eigenvalue weighted by Crippen LogP contribution is -2.32. The summed E-state index contributed by atoms with van der Waals surface area (Å²) in [6, 6.07) is 7.99. The lowest BCUT2D eigenvalue weighted by atomic mass is 9.90. The first-order chi connectivity index (χ1) is 16.7. The topological polar surface area (TPSA) is 94.5 Å². The molecule has 0 saturated carbocycles. The van der Waals surface area contributed by atoms with Gasteiger partial charge in [0, 0.05) is 24.8 Å². The van der Waals surface area contributed by atoms with Crippen molar-refractivity contribution in [2.24, 2.45) is 0 Å². The van der Waals surface area contributed by atoms with Crippen LogP contribution >= 0.6 is 0 Å². The van der Waals surface area contributed by atoms with E-state index in [1.807, 2.05) is 32.9 Å². The Labute approximate surface area is 206 Å². The Morgan fingerprint density at radius 3 is 2.29 bits per heavy atom. The number of aryl methyl sites for hydroxylation is 1. The Morgan fingerprint density at radius 1 is 1.03 bits per heavy atom. The monoisotopic (exact) mass is 483 g/mol. The van der Waals surface area contributed by atoms with E-state index in [4.69, 9.17) is 18.9 Å². The fraction of sp³-hybridized carbons (Fsp3) is 0.407. The van der Waals surface area contributed by atoms with Crippen molar-refractivity contribution in [1.82, 2.24) is 4.90 Å². The summed E-state index contributed by atoms with van der Waals surface area (Å²) in [5.74, 6) is -0.102. The van der Waals surface area contributed by atoms with Gasteiger partial charge in [-0.3, -0.25) is 9.59 Å². The molecule has 1 aliphatic heterocycles. The molecule has 0 spiro atoms. The van der Waals surface area contributed by atoms with Crippen molar-refractivity contribution in [2.45, 2.75) is 32.7 Å². The molecule has 8 heteroatoms. The predicted octanol–water partition coefficient (Wildman–Crippen LogP) is 4.21. The van der Waals surface area contributed by atoms with Gasteiger partial charge in [-0.1, -0.05) is 26.0 Å². The number of methoxy groups -OCH3 is 4. The van der Waals surface area contributed by atoms with E-state index >= 15 is 0 Å². The quantitative estimate of drug-likeness (QED) is 0.324. The van der Waals surface area contributed by atoms with Crippen LogP contribution in [0.15, 0.2) is 35.9 Å². The number of carbonyl (C=O) groups is 2. The summed E-state index contributed by atoms with van der Waals surface area (Å²) in [6.45, 7) is 6.23. The van der Waals surface area contributed by atoms with Crippen LogP contribution in [0.5, 0.6) is 17.2 Å². The Kier molecular flexibility index (Phi) is 8.07. The number of likely N-dealkylation sites (tertiary alicyclic amines) is 1. The third kappa shape index (κ3) is 4.71. The number of para-hydroxylation sites is 1. The number of ketones is 1. The number of aliphatic hydroxyl groups is 1. The standard InChI is InChI=1S/C27H33NO7/c1-15(2)18-14-19(16(3)13-21(18)34-6)24(29)22-23(28(11-12-32-4)27(31)25(22)30)17-9-8-10-20(33-5)26(17)35-7/h8-10,13-15,23,29H,11-12H2,1-7H3/b24-22+. The van der Waals surface area contributed by atoms with Gasteiger partial charge in [-0.05, 0) is 42.2 Å². The number of hydrogen-bond donors (Lipinski definition) is 1. The van der Waals surface area contributed by atoms with E-state index < -0.39 is 17.7 Å². The summed E-state index contributed by atoms with van der Waals surface area (Å²) in [6.07, 6.45) is 0. The van der Waals surface area contributed by atoms with Crippen molar-refractivity contribution in [1.29, 1.82) is 0 Å². The summed E-state index contributed by atoms with van der Waals surface area (Å²) in [4.78, 5) is 27.9. The average Bonchev–Trinajstić information content (AvgIpc) is 3.10. The highest BCUT2D eigenvalue weighted by atomic mass is 16.5. The SMILES string of the molecule is COCCN1C(=O)C(=O)/C(=C(/O)c2cc(C(C)C)c(OC)cc2C)C1c1cccc(OC)c1OC. The van der Waals surface area contributed by atoms with E-state index in [1.54, 1.807) is 25.3 Å². The highest BCUT2D eigenvalue weighted by Gasteiger charge is 2.47. The Bertz CT molecular complexity index is 1150. The maximum absolute atomic E-state index is 13.3.